The van der Waals surface area contributed by atoms with Gasteiger partial charge in [-0.05, 0) is 42.5 Å². The van der Waals surface area contributed by atoms with Crippen molar-refractivity contribution in [3.8, 4) is 11.4 Å². The first kappa shape index (κ1) is 26.7. The Morgan fingerprint density at radius 3 is 1.41 bits per heavy atom. The van der Waals surface area contributed by atoms with E-state index in [4.69, 9.17) is 4.98 Å². The van der Waals surface area contributed by atoms with Gasteiger partial charge in [-0.2, -0.15) is 0 Å². The van der Waals surface area contributed by atoms with Crippen molar-refractivity contribution in [3.63, 3.8) is 0 Å². The number of nitrogens with zero attached hydrogens (tertiary/aromatic N) is 3. The van der Waals surface area contributed by atoms with Crippen LogP contribution in [0.25, 0.3) is 55.0 Å². The molecule has 3 aromatic heterocycles. The van der Waals surface area contributed by atoms with Crippen molar-refractivity contribution in [1.29, 1.82) is 0 Å². The molecule has 0 aliphatic heterocycles. The van der Waals surface area contributed by atoms with Gasteiger partial charge in [-0.3, -0.25) is 4.98 Å². The van der Waals surface area contributed by atoms with Crippen molar-refractivity contribution >= 4 is 66.7 Å². The number of fused-ring (bicyclic) bond motifs is 6. The minimum atomic E-state index is -3.19. The van der Waals surface area contributed by atoms with E-state index in [1.54, 1.807) is 6.20 Å². The molecule has 9 rings (SSSR count). The first-order chi connectivity index (χ1) is 22.7. The van der Waals surface area contributed by atoms with Gasteiger partial charge in [0.1, 0.15) is 0 Å². The van der Waals surface area contributed by atoms with Crippen molar-refractivity contribution in [3.05, 3.63) is 170 Å². The Morgan fingerprint density at radius 2 is 0.848 bits per heavy atom. The normalized spacial score (nSPS) is 12.0. The third-order valence-corrected chi connectivity index (χ3v) is 12.1. The van der Waals surface area contributed by atoms with Crippen LogP contribution in [0.3, 0.4) is 0 Å². The maximum Gasteiger partial charge on any atom is 0.172 e. The Balaban J connectivity index is 1.28. The fourth-order valence-electron chi connectivity index (χ4n) is 7.01. The fourth-order valence-corrected chi connectivity index (χ4v) is 9.63. The summed E-state index contributed by atoms with van der Waals surface area (Å²) in [5.41, 5.74) is 6.49. The van der Waals surface area contributed by atoms with Gasteiger partial charge in [-0.25, -0.2) is 0 Å². The molecule has 4 nitrogen and oxygen atoms in total. The number of hydrogen-bond donors (Lipinski definition) is 0. The lowest BCUT2D eigenvalue weighted by Crippen LogP contribution is -2.25. The summed E-state index contributed by atoms with van der Waals surface area (Å²) in [6, 6.07) is 54.0. The molecule has 0 amide bonds. The monoisotopic (exact) mass is 609 g/mol. The fraction of sp³-hybridized carbons (Fsp3) is 0. The minimum absolute atomic E-state index is 0.704. The van der Waals surface area contributed by atoms with Crippen LogP contribution in [0.15, 0.2) is 170 Å². The van der Waals surface area contributed by atoms with E-state index in [1.165, 1.54) is 21.8 Å². The number of hydrogen-bond acceptors (Lipinski definition) is 2. The van der Waals surface area contributed by atoms with Crippen LogP contribution >= 0.6 is 7.14 Å². The summed E-state index contributed by atoms with van der Waals surface area (Å²) in [6.07, 6.45) is 3.63. The quantitative estimate of drug-likeness (QED) is 0.183. The van der Waals surface area contributed by atoms with Crippen molar-refractivity contribution in [2.75, 3.05) is 0 Å². The van der Waals surface area contributed by atoms with Gasteiger partial charge in [0.2, 0.25) is 0 Å². The molecule has 0 aliphatic carbocycles. The number of benzene rings is 6. The molecule has 218 valence electrons. The highest BCUT2D eigenvalue weighted by molar-refractivity contribution is 7.85. The van der Waals surface area contributed by atoms with Crippen LogP contribution in [-0.2, 0) is 4.57 Å². The topological polar surface area (TPSA) is 39.8 Å². The summed E-state index contributed by atoms with van der Waals surface area (Å²) >= 11 is 0. The maximum atomic E-state index is 15.2. The molecule has 0 radical (unpaired) electrons. The van der Waals surface area contributed by atoms with Gasteiger partial charge in [-0.15, -0.1) is 0 Å². The molecule has 46 heavy (non-hydrogen) atoms. The van der Waals surface area contributed by atoms with E-state index in [-0.39, 0.29) is 0 Å². The molecular weight excluding hydrogens is 581 g/mol. The van der Waals surface area contributed by atoms with E-state index in [0.29, 0.717) is 5.30 Å². The van der Waals surface area contributed by atoms with Crippen LogP contribution in [-0.4, -0.2) is 14.1 Å². The van der Waals surface area contributed by atoms with Gasteiger partial charge in [0, 0.05) is 49.3 Å². The van der Waals surface area contributed by atoms with Crippen LogP contribution in [0.1, 0.15) is 0 Å². The zero-order valence-electron chi connectivity index (χ0n) is 24.9. The number of pyridine rings is 1. The Labute approximate surface area is 266 Å². The Bertz CT molecular complexity index is 2520. The minimum Gasteiger partial charge on any atom is -0.309 e. The summed E-state index contributed by atoms with van der Waals surface area (Å²) in [5.74, 6) is 0. The van der Waals surface area contributed by atoms with Gasteiger partial charge in [-0.1, -0.05) is 115 Å². The molecule has 9 aromatic rings. The first-order valence-electron chi connectivity index (χ1n) is 15.4. The summed E-state index contributed by atoms with van der Waals surface area (Å²) in [4.78, 5) is 4.70. The third-order valence-electron chi connectivity index (χ3n) is 9.07. The van der Waals surface area contributed by atoms with E-state index in [1.807, 2.05) is 66.9 Å². The van der Waals surface area contributed by atoms with Crippen molar-refractivity contribution < 1.29 is 4.57 Å². The van der Waals surface area contributed by atoms with Crippen LogP contribution < -0.4 is 15.9 Å². The third kappa shape index (κ3) is 3.94. The van der Waals surface area contributed by atoms with E-state index in [2.05, 4.69) is 106 Å². The first-order valence-corrected chi connectivity index (χ1v) is 17.1. The molecule has 0 saturated heterocycles. The van der Waals surface area contributed by atoms with Crippen LogP contribution in [0.2, 0.25) is 0 Å². The average Bonchev–Trinajstić information content (AvgIpc) is 3.65. The zero-order valence-corrected chi connectivity index (χ0v) is 25.8. The second kappa shape index (κ2) is 10.4. The van der Waals surface area contributed by atoms with Crippen molar-refractivity contribution in [1.82, 2.24) is 14.1 Å². The van der Waals surface area contributed by atoms with E-state index >= 15 is 4.57 Å². The lowest BCUT2D eigenvalue weighted by molar-refractivity contribution is 0.592. The SMILES string of the molecule is O=P(c1ccccc1)(c1ccccc1)c1cncc(-n2c3ccccc3c3cc(-n4c5ccccc5c5ccccc54)ccc32)c1. The lowest BCUT2D eigenvalue weighted by Gasteiger charge is -2.20. The van der Waals surface area contributed by atoms with Crippen LogP contribution in [0, 0.1) is 0 Å². The summed E-state index contributed by atoms with van der Waals surface area (Å²) < 4.78 is 19.8. The molecule has 0 fully saturated rings. The highest BCUT2D eigenvalue weighted by atomic mass is 31.2. The van der Waals surface area contributed by atoms with Gasteiger partial charge in [0.05, 0.1) is 34.0 Å². The molecule has 0 atom stereocenters. The van der Waals surface area contributed by atoms with Crippen molar-refractivity contribution in [2.24, 2.45) is 0 Å². The van der Waals surface area contributed by atoms with Crippen LogP contribution in [0.4, 0.5) is 0 Å². The second-order valence-corrected chi connectivity index (χ2v) is 14.4. The lowest BCUT2D eigenvalue weighted by atomic mass is 10.1. The molecule has 0 N–H and O–H groups in total. The molecule has 0 aliphatic rings. The highest BCUT2D eigenvalue weighted by Gasteiger charge is 2.30. The Morgan fingerprint density at radius 1 is 0.391 bits per heavy atom. The van der Waals surface area contributed by atoms with E-state index in [0.717, 1.165) is 43.8 Å². The maximum absolute atomic E-state index is 15.2. The number of aromatic nitrogens is 3. The van der Waals surface area contributed by atoms with Crippen LogP contribution in [0.5, 0.6) is 0 Å². The molecule has 6 aromatic carbocycles. The van der Waals surface area contributed by atoms with Gasteiger partial charge in [0.15, 0.2) is 7.14 Å². The molecular formula is C41H28N3OP. The molecule has 0 saturated carbocycles. The largest absolute Gasteiger partial charge is 0.309 e. The average molecular weight is 610 g/mol. The molecule has 0 bridgehead atoms. The number of rotatable bonds is 5. The number of para-hydroxylation sites is 3. The van der Waals surface area contributed by atoms with E-state index < -0.39 is 7.14 Å². The smallest absolute Gasteiger partial charge is 0.172 e. The summed E-state index contributed by atoms with van der Waals surface area (Å²) in [5, 5.41) is 7.07. The predicted octanol–water partition coefficient (Wildman–Crippen LogP) is 8.92. The summed E-state index contributed by atoms with van der Waals surface area (Å²) in [6.45, 7) is 0. The van der Waals surface area contributed by atoms with Gasteiger partial charge >= 0.3 is 0 Å². The highest BCUT2D eigenvalue weighted by Crippen LogP contribution is 2.43. The predicted molar refractivity (Wildman–Crippen MR) is 192 cm³/mol. The van der Waals surface area contributed by atoms with Crippen molar-refractivity contribution in [2.45, 2.75) is 0 Å². The Hall–Kier alpha value is -5.70. The standard InChI is InChI=1S/C41H28N3OP/c45-46(31-13-3-1-4-14-31,32-15-5-2-6-16-32)33-25-30(27-42-28-33)44-40-22-12-9-19-36(40)37-26-29(23-24-41(37)44)43-38-20-10-7-17-34(38)35-18-8-11-21-39(35)43/h1-28H. The Kier molecular flexibility index (Phi) is 6.06. The molecule has 0 spiro atoms. The molecule has 5 heteroatoms. The molecule has 0 unspecified atom stereocenters. The summed E-state index contributed by atoms with van der Waals surface area (Å²) in [7, 11) is -3.19. The van der Waals surface area contributed by atoms with Gasteiger partial charge < -0.3 is 13.7 Å². The molecule has 3 heterocycles. The van der Waals surface area contributed by atoms with Gasteiger partial charge in [0.25, 0.3) is 0 Å². The van der Waals surface area contributed by atoms with E-state index in [9.17, 15) is 0 Å². The second-order valence-electron chi connectivity index (χ2n) is 11.6. The zero-order chi connectivity index (χ0) is 30.7.